The molecule has 17 nitrogen and oxygen atoms in total. The third kappa shape index (κ3) is 68.5. The molecule has 0 heterocycles. The average molecular weight is 1390 g/mol. The number of carbonyl (C=O) groups is 4. The lowest BCUT2D eigenvalue weighted by Crippen LogP contribution is -2.30. The summed E-state index contributed by atoms with van der Waals surface area (Å²) in [5, 5.41) is 10.6. The Morgan fingerprint density at radius 2 is 0.573 bits per heavy atom. The van der Waals surface area contributed by atoms with Gasteiger partial charge < -0.3 is 33.8 Å². The van der Waals surface area contributed by atoms with Crippen molar-refractivity contribution in [2.45, 2.75) is 329 Å². The van der Waals surface area contributed by atoms with E-state index in [0.29, 0.717) is 32.1 Å². The molecule has 0 saturated heterocycles. The molecule has 0 spiro atoms. The Hall–Kier alpha value is -4.02. The van der Waals surface area contributed by atoms with Crippen LogP contribution in [0.1, 0.15) is 310 Å². The number of hydrogen-bond acceptors (Lipinski definition) is 15. The highest BCUT2D eigenvalue weighted by Gasteiger charge is 2.30. The summed E-state index contributed by atoms with van der Waals surface area (Å²) in [6.45, 7) is 4.60. The predicted molar refractivity (Wildman–Crippen MR) is 390 cm³/mol. The fourth-order valence-corrected chi connectivity index (χ4v) is 11.4. The first-order chi connectivity index (χ1) is 46.7. The number of allylic oxidation sites excluding steroid dienone is 16. The summed E-state index contributed by atoms with van der Waals surface area (Å²) in [4.78, 5) is 72.7. The topological polar surface area (TPSA) is 237 Å². The minimum atomic E-state index is -4.99. The Balaban J connectivity index is 5.38. The first-order valence-corrected chi connectivity index (χ1v) is 40.5. The van der Waals surface area contributed by atoms with Crippen LogP contribution in [0.3, 0.4) is 0 Å². The zero-order valence-electron chi connectivity index (χ0n) is 60.3. The zero-order chi connectivity index (χ0) is 70.4. The molecule has 0 aliphatic rings. The molecule has 0 aromatic carbocycles. The van der Waals surface area contributed by atoms with E-state index in [2.05, 4.69) is 113 Å². The lowest BCUT2D eigenvalue weighted by atomic mass is 10.0. The summed E-state index contributed by atoms with van der Waals surface area (Å²) in [6.07, 6.45) is 71.2. The number of aliphatic hydroxyl groups excluding tert-OH is 1. The van der Waals surface area contributed by atoms with E-state index in [1.165, 1.54) is 77.0 Å². The third-order valence-electron chi connectivity index (χ3n) is 15.5. The van der Waals surface area contributed by atoms with Gasteiger partial charge in [0.25, 0.3) is 0 Å². The number of ether oxygens (including phenoxy) is 4. The van der Waals surface area contributed by atoms with Crippen LogP contribution in [0.25, 0.3) is 0 Å². The summed E-state index contributed by atoms with van der Waals surface area (Å²) >= 11 is 0. The van der Waals surface area contributed by atoms with Crippen LogP contribution in [0.15, 0.2) is 97.2 Å². The molecule has 5 atom stereocenters. The van der Waals surface area contributed by atoms with Gasteiger partial charge in [-0.1, -0.05) is 266 Å². The molecule has 19 heteroatoms. The number of carbonyl (C=O) groups excluding carboxylic acids is 4. The fourth-order valence-electron chi connectivity index (χ4n) is 9.82. The van der Waals surface area contributed by atoms with E-state index in [-0.39, 0.29) is 25.7 Å². The molecule has 0 aliphatic heterocycles. The number of aliphatic hydroxyl groups is 1. The Morgan fingerprint density at radius 3 is 0.938 bits per heavy atom. The van der Waals surface area contributed by atoms with E-state index >= 15 is 0 Å². The molecule has 5 unspecified atom stereocenters. The van der Waals surface area contributed by atoms with Crippen LogP contribution in [0.2, 0.25) is 0 Å². The van der Waals surface area contributed by atoms with Crippen LogP contribution < -0.4 is 0 Å². The van der Waals surface area contributed by atoms with Crippen LogP contribution in [0, 0.1) is 0 Å². The maximum absolute atomic E-state index is 13.1. The van der Waals surface area contributed by atoms with Crippen molar-refractivity contribution in [2.24, 2.45) is 0 Å². The molecule has 3 N–H and O–H groups in total. The number of phosphoric acid groups is 2. The second-order valence-corrected chi connectivity index (χ2v) is 27.8. The van der Waals surface area contributed by atoms with Crippen molar-refractivity contribution in [2.75, 3.05) is 39.6 Å². The monoisotopic (exact) mass is 1390 g/mol. The summed E-state index contributed by atoms with van der Waals surface area (Å²) < 4.78 is 68.3. The van der Waals surface area contributed by atoms with Gasteiger partial charge in [-0.15, -0.1) is 0 Å². The molecular formula is C77H134O17P2. The van der Waals surface area contributed by atoms with Crippen molar-refractivity contribution in [3.05, 3.63) is 97.2 Å². The molecule has 0 aromatic rings. The molecule has 0 radical (unpaired) electrons. The van der Waals surface area contributed by atoms with Crippen molar-refractivity contribution in [3.8, 4) is 0 Å². The molecule has 554 valence electrons. The van der Waals surface area contributed by atoms with Gasteiger partial charge in [-0.3, -0.25) is 37.3 Å². The number of unbranched alkanes of at least 4 members (excludes halogenated alkanes) is 28. The second-order valence-electron chi connectivity index (χ2n) is 24.9. The Kier molecular flexibility index (Phi) is 66.6. The van der Waals surface area contributed by atoms with Crippen molar-refractivity contribution in [3.63, 3.8) is 0 Å². The Bertz CT molecular complexity index is 2200. The predicted octanol–water partition coefficient (Wildman–Crippen LogP) is 21.2. The van der Waals surface area contributed by atoms with E-state index in [9.17, 15) is 43.2 Å². The number of hydrogen-bond donors (Lipinski definition) is 3. The van der Waals surface area contributed by atoms with Gasteiger partial charge in [-0.25, -0.2) is 9.13 Å². The standard InChI is InChI=1S/C77H134O17P2/c1-5-9-13-17-21-25-29-33-34-35-36-40-42-46-50-54-58-62-75(80)88-68-73(94-77(82)64-60-56-52-48-44-39-32-28-24-20-16-12-8-4)70-92-96(85,86)90-66-71(78)65-89-95(83,84)91-69-72(93-76(81)63-59-55-51-47-43-38-31-27-23-19-15-11-7-3)67-87-74(79)61-57-53-49-45-41-37-30-26-22-18-14-10-6-2/h9,13,16,20-21,25-26,28,30,32-34,36,40,46,50,71-73,78H,5-8,10-12,14-15,17-19,22-24,27,29,31,35,37-39,41-45,47-49,51-70H2,1-4H3,(H,83,84)(H,85,86)/b13-9-,20-16-,25-21-,30-26-,32-28-,34-33-,40-36-,50-46-. The van der Waals surface area contributed by atoms with Crippen LogP contribution in [-0.2, 0) is 65.4 Å². The van der Waals surface area contributed by atoms with Crippen LogP contribution in [0.5, 0.6) is 0 Å². The van der Waals surface area contributed by atoms with Crippen molar-refractivity contribution in [1.82, 2.24) is 0 Å². The highest BCUT2D eigenvalue weighted by atomic mass is 31.2. The molecule has 0 aliphatic carbocycles. The molecule has 0 amide bonds. The summed E-state index contributed by atoms with van der Waals surface area (Å²) in [7, 11) is -9.96. The lowest BCUT2D eigenvalue weighted by molar-refractivity contribution is -0.161. The van der Waals surface area contributed by atoms with Gasteiger partial charge in [0, 0.05) is 25.7 Å². The van der Waals surface area contributed by atoms with Gasteiger partial charge >= 0.3 is 39.5 Å². The molecule has 0 aromatic heterocycles. The summed E-state index contributed by atoms with van der Waals surface area (Å²) in [5.74, 6) is -2.25. The lowest BCUT2D eigenvalue weighted by Gasteiger charge is -2.21. The molecule has 96 heavy (non-hydrogen) atoms. The quantitative estimate of drug-likeness (QED) is 0.0169. The van der Waals surface area contributed by atoms with Gasteiger partial charge in [0.05, 0.1) is 26.4 Å². The van der Waals surface area contributed by atoms with Crippen molar-refractivity contribution >= 4 is 39.5 Å². The van der Waals surface area contributed by atoms with E-state index in [0.717, 1.165) is 148 Å². The molecule has 0 saturated carbocycles. The molecule has 0 bridgehead atoms. The van der Waals surface area contributed by atoms with E-state index < -0.39 is 97.5 Å². The summed E-state index contributed by atoms with van der Waals surface area (Å²) in [6, 6.07) is 0. The second kappa shape index (κ2) is 69.5. The van der Waals surface area contributed by atoms with Gasteiger partial charge in [0.15, 0.2) is 12.2 Å². The Morgan fingerprint density at radius 1 is 0.302 bits per heavy atom. The fraction of sp³-hybridized carbons (Fsp3) is 0.740. The molecule has 0 rings (SSSR count). The minimum absolute atomic E-state index is 0.0661. The number of rotatable bonds is 70. The summed E-state index contributed by atoms with van der Waals surface area (Å²) in [5.41, 5.74) is 0. The van der Waals surface area contributed by atoms with E-state index in [1.807, 2.05) is 12.2 Å². The zero-order valence-corrected chi connectivity index (χ0v) is 62.1. The van der Waals surface area contributed by atoms with Crippen LogP contribution in [-0.4, -0.2) is 96.7 Å². The highest BCUT2D eigenvalue weighted by molar-refractivity contribution is 7.47. The maximum atomic E-state index is 13.1. The van der Waals surface area contributed by atoms with E-state index in [1.54, 1.807) is 0 Å². The SMILES string of the molecule is CC/C=C\C/C=C\C/C=C\C/C=C\C/C=C\CCCC(=O)OCC(COP(=O)(O)OCC(O)COP(=O)(O)OCC(COC(=O)CCCCCCC/C=C\CCCCCC)OC(=O)CCCCCCCCCCCCCCC)OC(=O)CCCCCCC/C=C\C/C=C\CCC. The smallest absolute Gasteiger partial charge is 0.462 e. The average Bonchev–Trinajstić information content (AvgIpc) is 3.12. The minimum Gasteiger partial charge on any atom is -0.462 e. The number of esters is 4. The molecule has 0 fully saturated rings. The van der Waals surface area contributed by atoms with E-state index in [4.69, 9.17) is 37.0 Å². The normalized spacial score (nSPS) is 14.5. The maximum Gasteiger partial charge on any atom is 0.472 e. The van der Waals surface area contributed by atoms with Crippen molar-refractivity contribution < 1.29 is 80.2 Å². The van der Waals surface area contributed by atoms with Gasteiger partial charge in [0.2, 0.25) is 0 Å². The Labute approximate surface area is 582 Å². The van der Waals surface area contributed by atoms with Crippen LogP contribution in [0.4, 0.5) is 0 Å². The first-order valence-electron chi connectivity index (χ1n) is 37.5. The van der Waals surface area contributed by atoms with Crippen molar-refractivity contribution in [1.29, 1.82) is 0 Å². The van der Waals surface area contributed by atoms with Gasteiger partial charge in [-0.2, -0.15) is 0 Å². The van der Waals surface area contributed by atoms with Gasteiger partial charge in [-0.05, 0) is 116 Å². The third-order valence-corrected chi connectivity index (χ3v) is 17.4. The van der Waals surface area contributed by atoms with Crippen LogP contribution >= 0.6 is 15.6 Å². The highest BCUT2D eigenvalue weighted by Crippen LogP contribution is 2.45. The van der Waals surface area contributed by atoms with Gasteiger partial charge in [0.1, 0.15) is 19.3 Å². The molecular weight excluding hydrogens is 1260 g/mol. The largest absolute Gasteiger partial charge is 0.472 e. The first kappa shape index (κ1) is 92.0. The number of phosphoric ester groups is 2.